The Bertz CT molecular complexity index is 1140. The van der Waals surface area contributed by atoms with Gasteiger partial charge in [0, 0.05) is 18.1 Å². The Balaban J connectivity index is 1.34. The van der Waals surface area contributed by atoms with Gasteiger partial charge in [-0.25, -0.2) is 4.79 Å². The summed E-state index contributed by atoms with van der Waals surface area (Å²) in [7, 11) is 0. The molecule has 136 valence electrons. The van der Waals surface area contributed by atoms with Crippen LogP contribution in [-0.2, 0) is 6.54 Å². The van der Waals surface area contributed by atoms with E-state index in [-0.39, 0.29) is 5.69 Å². The van der Waals surface area contributed by atoms with Crippen LogP contribution >= 0.6 is 0 Å². The van der Waals surface area contributed by atoms with Crippen molar-refractivity contribution in [3.05, 3.63) is 76.8 Å². The first kappa shape index (κ1) is 16.3. The summed E-state index contributed by atoms with van der Waals surface area (Å²) in [5, 5.41) is 1.29. The van der Waals surface area contributed by atoms with Crippen molar-refractivity contribution in [1.29, 1.82) is 0 Å². The lowest BCUT2D eigenvalue weighted by atomic mass is 9.78. The molecule has 1 aliphatic carbocycles. The van der Waals surface area contributed by atoms with Crippen LogP contribution in [0.3, 0.4) is 0 Å². The van der Waals surface area contributed by atoms with E-state index < -0.39 is 0 Å². The number of aromatic nitrogens is 3. The van der Waals surface area contributed by atoms with Crippen molar-refractivity contribution in [1.82, 2.24) is 14.5 Å². The Morgan fingerprint density at radius 1 is 0.963 bits per heavy atom. The molecular formula is C23H23N3O. The number of nitrogens with zero attached hydrogens (tertiary/aromatic N) is 2. The van der Waals surface area contributed by atoms with E-state index in [1.807, 2.05) is 35.0 Å². The van der Waals surface area contributed by atoms with Gasteiger partial charge in [0.05, 0.1) is 16.6 Å². The van der Waals surface area contributed by atoms with E-state index in [9.17, 15) is 4.79 Å². The molecule has 5 rings (SSSR count). The number of benzene rings is 2. The van der Waals surface area contributed by atoms with E-state index in [0.717, 1.165) is 35.9 Å². The van der Waals surface area contributed by atoms with Gasteiger partial charge >= 0.3 is 5.69 Å². The van der Waals surface area contributed by atoms with Crippen LogP contribution in [0.25, 0.3) is 21.9 Å². The summed E-state index contributed by atoms with van der Waals surface area (Å²) >= 11 is 0. The highest BCUT2D eigenvalue weighted by Gasteiger charge is 2.24. The van der Waals surface area contributed by atoms with E-state index in [1.165, 1.54) is 23.8 Å². The molecule has 0 spiro atoms. The molecule has 1 saturated carbocycles. The number of rotatable bonds is 3. The normalized spacial score (nSPS) is 20.3. The molecule has 0 amide bonds. The van der Waals surface area contributed by atoms with E-state index in [4.69, 9.17) is 0 Å². The molecule has 0 bridgehead atoms. The van der Waals surface area contributed by atoms with Gasteiger partial charge in [0.25, 0.3) is 0 Å². The quantitative estimate of drug-likeness (QED) is 0.570. The molecule has 1 N–H and O–H groups in total. The molecule has 0 unspecified atom stereocenters. The summed E-state index contributed by atoms with van der Waals surface area (Å²) in [5.74, 6) is 1.15. The van der Waals surface area contributed by atoms with E-state index >= 15 is 0 Å². The predicted molar refractivity (Wildman–Crippen MR) is 109 cm³/mol. The highest BCUT2D eigenvalue weighted by molar-refractivity contribution is 5.82. The highest BCUT2D eigenvalue weighted by Crippen LogP contribution is 2.38. The Hall–Kier alpha value is -2.88. The number of fused-ring (bicyclic) bond motifs is 2. The number of pyridine rings is 1. The maximum absolute atomic E-state index is 12.3. The van der Waals surface area contributed by atoms with Crippen molar-refractivity contribution in [2.45, 2.75) is 38.1 Å². The first-order valence-corrected chi connectivity index (χ1v) is 9.81. The first-order valence-electron chi connectivity index (χ1n) is 9.81. The topological polar surface area (TPSA) is 50.7 Å². The Morgan fingerprint density at radius 3 is 2.63 bits per heavy atom. The first-order chi connectivity index (χ1) is 13.3. The van der Waals surface area contributed by atoms with Crippen LogP contribution in [0.1, 0.15) is 37.2 Å². The van der Waals surface area contributed by atoms with Crippen LogP contribution < -0.4 is 5.69 Å². The third-order valence-electron chi connectivity index (χ3n) is 6.09. The predicted octanol–water partition coefficient (Wildman–Crippen LogP) is 4.85. The van der Waals surface area contributed by atoms with Crippen molar-refractivity contribution in [2.24, 2.45) is 5.92 Å². The smallest absolute Gasteiger partial charge is 0.306 e. The molecule has 0 aliphatic heterocycles. The van der Waals surface area contributed by atoms with E-state index in [1.54, 1.807) is 0 Å². The summed E-state index contributed by atoms with van der Waals surface area (Å²) in [6, 6.07) is 18.6. The monoisotopic (exact) mass is 357 g/mol. The third kappa shape index (κ3) is 2.95. The molecule has 0 atom stereocenters. The Labute approximate surface area is 157 Å². The zero-order chi connectivity index (χ0) is 18.2. The summed E-state index contributed by atoms with van der Waals surface area (Å²) < 4.78 is 1.92. The standard InChI is InChI=1S/C23H23N3O/c27-23-25-21-7-3-4-8-22(21)26(23)15-16-9-11-17(12-10-16)18-13-14-24-20-6-2-1-5-19(18)20/h1-8,13-14,16-17H,9-12,15H2,(H,25,27)/t16-,17+. The molecule has 2 aromatic heterocycles. The number of hydrogen-bond donors (Lipinski definition) is 1. The average Bonchev–Trinajstić information content (AvgIpc) is 3.03. The van der Waals surface area contributed by atoms with Gasteiger partial charge in [0.15, 0.2) is 0 Å². The van der Waals surface area contributed by atoms with Gasteiger partial charge in [-0.2, -0.15) is 0 Å². The second kappa shape index (κ2) is 6.69. The average molecular weight is 357 g/mol. The van der Waals surface area contributed by atoms with Crippen LogP contribution in [0.15, 0.2) is 65.6 Å². The minimum absolute atomic E-state index is 0.0125. The van der Waals surface area contributed by atoms with Gasteiger partial charge in [-0.15, -0.1) is 0 Å². The number of H-pyrrole nitrogens is 1. The van der Waals surface area contributed by atoms with E-state index in [2.05, 4.69) is 40.3 Å². The van der Waals surface area contributed by atoms with Gasteiger partial charge in [0.1, 0.15) is 0 Å². The fraction of sp³-hybridized carbons (Fsp3) is 0.304. The minimum atomic E-state index is 0.0125. The van der Waals surface area contributed by atoms with Crippen molar-refractivity contribution in [2.75, 3.05) is 0 Å². The van der Waals surface area contributed by atoms with Gasteiger partial charge in [-0.1, -0.05) is 30.3 Å². The summed E-state index contributed by atoms with van der Waals surface area (Å²) in [4.78, 5) is 19.8. The molecule has 4 nitrogen and oxygen atoms in total. The third-order valence-corrected chi connectivity index (χ3v) is 6.09. The molecule has 2 heterocycles. The molecule has 1 fully saturated rings. The molecule has 0 saturated heterocycles. The number of imidazole rings is 1. The number of nitrogens with one attached hydrogen (secondary N) is 1. The maximum atomic E-state index is 12.3. The largest absolute Gasteiger partial charge is 0.326 e. The Morgan fingerprint density at radius 2 is 1.74 bits per heavy atom. The molecule has 27 heavy (non-hydrogen) atoms. The van der Waals surface area contributed by atoms with Gasteiger partial charge in [-0.05, 0) is 67.3 Å². The summed E-state index contributed by atoms with van der Waals surface area (Å²) in [5.41, 5.74) is 4.48. The summed E-state index contributed by atoms with van der Waals surface area (Å²) in [6.07, 6.45) is 6.61. The number of hydrogen-bond acceptors (Lipinski definition) is 2. The minimum Gasteiger partial charge on any atom is -0.306 e. The lowest BCUT2D eigenvalue weighted by Gasteiger charge is -2.29. The molecule has 4 aromatic rings. The van der Waals surface area contributed by atoms with Crippen molar-refractivity contribution >= 4 is 21.9 Å². The lowest BCUT2D eigenvalue weighted by molar-refractivity contribution is 0.295. The Kier molecular flexibility index (Phi) is 4.04. The van der Waals surface area contributed by atoms with E-state index in [0.29, 0.717) is 11.8 Å². The van der Waals surface area contributed by atoms with Gasteiger partial charge < -0.3 is 4.98 Å². The second-order valence-corrected chi connectivity index (χ2v) is 7.69. The fourth-order valence-corrected chi connectivity index (χ4v) is 4.68. The SMILES string of the molecule is O=c1[nH]c2ccccc2n1C[C@H]1CC[C@@H](c2ccnc3ccccc32)CC1. The maximum Gasteiger partial charge on any atom is 0.326 e. The van der Waals surface area contributed by atoms with Crippen molar-refractivity contribution < 1.29 is 0 Å². The lowest BCUT2D eigenvalue weighted by Crippen LogP contribution is -2.24. The van der Waals surface area contributed by atoms with Crippen LogP contribution in [0.5, 0.6) is 0 Å². The van der Waals surface area contributed by atoms with Crippen LogP contribution in [0.2, 0.25) is 0 Å². The van der Waals surface area contributed by atoms with Gasteiger partial charge in [-0.3, -0.25) is 9.55 Å². The fourth-order valence-electron chi connectivity index (χ4n) is 4.68. The second-order valence-electron chi connectivity index (χ2n) is 7.69. The summed E-state index contributed by atoms with van der Waals surface area (Å²) in [6.45, 7) is 0.812. The molecule has 0 radical (unpaired) electrons. The zero-order valence-corrected chi connectivity index (χ0v) is 15.3. The van der Waals surface area contributed by atoms with Crippen molar-refractivity contribution in [3.63, 3.8) is 0 Å². The molecule has 2 aromatic carbocycles. The molecule has 4 heteroatoms. The molecular weight excluding hydrogens is 334 g/mol. The van der Waals surface area contributed by atoms with Crippen molar-refractivity contribution in [3.8, 4) is 0 Å². The van der Waals surface area contributed by atoms with Gasteiger partial charge in [0.2, 0.25) is 0 Å². The molecule has 1 aliphatic rings. The zero-order valence-electron chi connectivity index (χ0n) is 15.3. The number of aromatic amines is 1. The number of para-hydroxylation sites is 3. The highest BCUT2D eigenvalue weighted by atomic mass is 16.1. The van der Waals surface area contributed by atoms with Crippen LogP contribution in [-0.4, -0.2) is 14.5 Å². The van der Waals surface area contributed by atoms with Crippen LogP contribution in [0.4, 0.5) is 0 Å². The van der Waals surface area contributed by atoms with Crippen LogP contribution in [0, 0.1) is 5.92 Å².